The Morgan fingerprint density at radius 3 is 3.08 bits per heavy atom. The minimum atomic E-state index is 0.272. The molecule has 0 fully saturated rings. The summed E-state index contributed by atoms with van der Waals surface area (Å²) < 4.78 is 8.93. The minimum absolute atomic E-state index is 0.272. The number of methoxy groups -OCH3 is 1. The van der Waals surface area contributed by atoms with Crippen LogP contribution in [0.4, 0.5) is 0 Å². The van der Waals surface area contributed by atoms with Crippen molar-refractivity contribution < 1.29 is 4.74 Å². The third kappa shape index (κ3) is 4.36. The smallest absolute Gasteiger partial charge is 0.191 e. The van der Waals surface area contributed by atoms with Crippen molar-refractivity contribution in [1.82, 2.24) is 35.2 Å². The SMILES string of the molecule is CCNC(=NCc1ccnn1C)NC1CCc2nc(COC)nn2C1. The molecule has 0 amide bonds. The molecule has 1 aliphatic heterocycles. The summed E-state index contributed by atoms with van der Waals surface area (Å²) in [6.07, 6.45) is 3.69. The molecule has 9 nitrogen and oxygen atoms in total. The van der Waals surface area contributed by atoms with Crippen molar-refractivity contribution in [2.24, 2.45) is 12.0 Å². The summed E-state index contributed by atoms with van der Waals surface area (Å²) in [6.45, 7) is 4.70. The van der Waals surface area contributed by atoms with Crippen LogP contribution in [-0.4, -0.2) is 50.2 Å². The number of aliphatic imine (C=N–C) groups is 1. The van der Waals surface area contributed by atoms with E-state index >= 15 is 0 Å². The third-order valence-electron chi connectivity index (χ3n) is 4.18. The van der Waals surface area contributed by atoms with E-state index in [-0.39, 0.29) is 6.04 Å². The van der Waals surface area contributed by atoms with Crippen LogP contribution in [0.25, 0.3) is 0 Å². The maximum Gasteiger partial charge on any atom is 0.191 e. The van der Waals surface area contributed by atoms with E-state index in [1.54, 1.807) is 13.3 Å². The molecule has 2 aromatic heterocycles. The number of fused-ring (bicyclic) bond motifs is 1. The first-order valence-corrected chi connectivity index (χ1v) is 8.62. The molecule has 25 heavy (non-hydrogen) atoms. The predicted octanol–water partition coefficient (Wildman–Crippen LogP) is 0.228. The Morgan fingerprint density at radius 1 is 1.48 bits per heavy atom. The van der Waals surface area contributed by atoms with E-state index in [2.05, 4.69) is 37.7 Å². The zero-order valence-electron chi connectivity index (χ0n) is 15.1. The van der Waals surface area contributed by atoms with Crippen LogP contribution in [-0.2, 0) is 37.9 Å². The molecular weight excluding hydrogens is 320 g/mol. The molecule has 2 aromatic rings. The van der Waals surface area contributed by atoms with E-state index in [1.165, 1.54) is 0 Å². The standard InChI is InChI=1S/C16H26N8O/c1-4-17-16(18-9-13-7-8-19-23(13)2)20-12-5-6-15-21-14(11-25-3)22-24(15)10-12/h7-8,12H,4-6,9-11H2,1-3H3,(H2,17,18,20). The van der Waals surface area contributed by atoms with Gasteiger partial charge in [0, 0.05) is 39.4 Å². The van der Waals surface area contributed by atoms with Gasteiger partial charge in [-0.3, -0.25) is 4.68 Å². The maximum absolute atomic E-state index is 5.12. The lowest BCUT2D eigenvalue weighted by molar-refractivity contribution is 0.177. The number of aromatic nitrogens is 5. The number of aryl methyl sites for hydroxylation is 2. The van der Waals surface area contributed by atoms with Crippen LogP contribution in [0.5, 0.6) is 0 Å². The van der Waals surface area contributed by atoms with E-state index in [9.17, 15) is 0 Å². The zero-order chi connectivity index (χ0) is 17.6. The molecule has 9 heteroatoms. The average molecular weight is 346 g/mol. The molecule has 0 saturated heterocycles. The molecule has 0 radical (unpaired) electrons. The van der Waals surface area contributed by atoms with Crippen LogP contribution in [0.1, 0.15) is 30.7 Å². The number of rotatable bonds is 6. The Hall–Kier alpha value is -2.42. The van der Waals surface area contributed by atoms with Crippen molar-refractivity contribution in [2.45, 2.75) is 45.5 Å². The molecule has 1 aliphatic rings. The first kappa shape index (κ1) is 17.4. The number of guanidine groups is 1. The van der Waals surface area contributed by atoms with Gasteiger partial charge in [-0.1, -0.05) is 0 Å². The van der Waals surface area contributed by atoms with E-state index < -0.39 is 0 Å². The van der Waals surface area contributed by atoms with E-state index in [0.717, 1.165) is 49.2 Å². The summed E-state index contributed by atoms with van der Waals surface area (Å²) in [7, 11) is 3.59. The summed E-state index contributed by atoms with van der Waals surface area (Å²) in [4.78, 5) is 9.18. The highest BCUT2D eigenvalue weighted by Crippen LogP contribution is 2.13. The second-order valence-corrected chi connectivity index (χ2v) is 6.08. The molecular formula is C16H26N8O. The van der Waals surface area contributed by atoms with Crippen molar-refractivity contribution in [2.75, 3.05) is 13.7 Å². The van der Waals surface area contributed by atoms with Gasteiger partial charge in [0.15, 0.2) is 11.8 Å². The Bertz CT molecular complexity index is 720. The van der Waals surface area contributed by atoms with E-state index in [0.29, 0.717) is 13.2 Å². The number of hydrogen-bond acceptors (Lipinski definition) is 5. The Labute approximate surface area is 147 Å². The topological polar surface area (TPSA) is 94.2 Å². The number of hydrogen-bond donors (Lipinski definition) is 2. The number of nitrogens with zero attached hydrogens (tertiary/aromatic N) is 6. The highest BCUT2D eigenvalue weighted by atomic mass is 16.5. The van der Waals surface area contributed by atoms with Gasteiger partial charge < -0.3 is 15.4 Å². The van der Waals surface area contributed by atoms with Crippen molar-refractivity contribution in [3.63, 3.8) is 0 Å². The Balaban J connectivity index is 1.63. The Morgan fingerprint density at radius 2 is 2.36 bits per heavy atom. The highest BCUT2D eigenvalue weighted by molar-refractivity contribution is 5.80. The molecule has 0 aromatic carbocycles. The Kier molecular flexibility index (Phi) is 5.64. The highest BCUT2D eigenvalue weighted by Gasteiger charge is 2.22. The zero-order valence-corrected chi connectivity index (χ0v) is 15.1. The van der Waals surface area contributed by atoms with Crippen LogP contribution in [0.2, 0.25) is 0 Å². The van der Waals surface area contributed by atoms with Gasteiger partial charge in [-0.05, 0) is 19.4 Å². The number of nitrogens with one attached hydrogen (secondary N) is 2. The summed E-state index contributed by atoms with van der Waals surface area (Å²) in [5, 5.41) is 15.5. The van der Waals surface area contributed by atoms with Gasteiger partial charge >= 0.3 is 0 Å². The first-order chi connectivity index (χ1) is 12.2. The van der Waals surface area contributed by atoms with Crippen LogP contribution >= 0.6 is 0 Å². The molecule has 3 heterocycles. The van der Waals surface area contributed by atoms with Gasteiger partial charge in [-0.25, -0.2) is 14.7 Å². The monoisotopic (exact) mass is 346 g/mol. The predicted molar refractivity (Wildman–Crippen MR) is 94.0 cm³/mol. The molecule has 0 saturated carbocycles. The summed E-state index contributed by atoms with van der Waals surface area (Å²) >= 11 is 0. The second-order valence-electron chi connectivity index (χ2n) is 6.08. The molecule has 136 valence electrons. The largest absolute Gasteiger partial charge is 0.377 e. The third-order valence-corrected chi connectivity index (χ3v) is 4.18. The lowest BCUT2D eigenvalue weighted by atomic mass is 10.1. The van der Waals surface area contributed by atoms with Gasteiger partial charge in [0.05, 0.1) is 18.8 Å². The summed E-state index contributed by atoms with van der Waals surface area (Å²) in [6, 6.07) is 2.25. The van der Waals surface area contributed by atoms with Gasteiger partial charge in [0.25, 0.3) is 0 Å². The fourth-order valence-electron chi connectivity index (χ4n) is 2.90. The van der Waals surface area contributed by atoms with Crippen molar-refractivity contribution in [3.05, 3.63) is 29.6 Å². The van der Waals surface area contributed by atoms with Crippen LogP contribution in [0, 0.1) is 0 Å². The van der Waals surface area contributed by atoms with Crippen LogP contribution in [0.15, 0.2) is 17.3 Å². The summed E-state index contributed by atoms with van der Waals surface area (Å²) in [5.41, 5.74) is 1.07. The van der Waals surface area contributed by atoms with Gasteiger partial charge in [0.1, 0.15) is 12.4 Å². The van der Waals surface area contributed by atoms with Crippen LogP contribution < -0.4 is 10.6 Å². The molecule has 3 rings (SSSR count). The second kappa shape index (κ2) is 8.11. The molecule has 0 bridgehead atoms. The lowest BCUT2D eigenvalue weighted by Crippen LogP contribution is -2.47. The number of ether oxygens (including phenoxy) is 1. The molecule has 2 N–H and O–H groups in total. The van der Waals surface area contributed by atoms with E-state index in [4.69, 9.17) is 4.74 Å². The fraction of sp³-hybridized carbons (Fsp3) is 0.625. The first-order valence-electron chi connectivity index (χ1n) is 8.62. The molecule has 0 spiro atoms. The molecule has 1 unspecified atom stereocenters. The normalized spacial score (nSPS) is 17.4. The van der Waals surface area contributed by atoms with Crippen molar-refractivity contribution in [1.29, 1.82) is 0 Å². The maximum atomic E-state index is 5.12. The van der Waals surface area contributed by atoms with Crippen molar-refractivity contribution >= 4 is 5.96 Å². The van der Waals surface area contributed by atoms with E-state index in [1.807, 2.05) is 22.5 Å². The fourth-order valence-corrected chi connectivity index (χ4v) is 2.90. The van der Waals surface area contributed by atoms with Gasteiger partial charge in [-0.2, -0.15) is 10.2 Å². The summed E-state index contributed by atoms with van der Waals surface area (Å²) in [5.74, 6) is 2.59. The minimum Gasteiger partial charge on any atom is -0.377 e. The lowest BCUT2D eigenvalue weighted by Gasteiger charge is -2.25. The molecule has 0 aliphatic carbocycles. The average Bonchev–Trinajstić information content (AvgIpc) is 3.18. The van der Waals surface area contributed by atoms with Gasteiger partial charge in [0.2, 0.25) is 0 Å². The van der Waals surface area contributed by atoms with Crippen LogP contribution in [0.3, 0.4) is 0 Å². The van der Waals surface area contributed by atoms with Crippen molar-refractivity contribution in [3.8, 4) is 0 Å². The quantitative estimate of drug-likeness (QED) is 0.574. The molecule has 1 atom stereocenters. The van der Waals surface area contributed by atoms with Gasteiger partial charge in [-0.15, -0.1) is 0 Å².